The van der Waals surface area contributed by atoms with E-state index < -0.39 is 0 Å². The largest absolute Gasteiger partial charge is 0.507 e. The van der Waals surface area contributed by atoms with E-state index in [2.05, 4.69) is 4.99 Å². The van der Waals surface area contributed by atoms with Gasteiger partial charge in [0.25, 0.3) is 0 Å². The van der Waals surface area contributed by atoms with E-state index in [1.54, 1.807) is 6.08 Å². The van der Waals surface area contributed by atoms with Gasteiger partial charge in [-0.15, -0.1) is 0 Å². The van der Waals surface area contributed by atoms with Crippen molar-refractivity contribution in [3.05, 3.63) is 11.8 Å². The maximum atomic E-state index is 8.78. The number of aliphatic hydroxyl groups is 1. The second kappa shape index (κ2) is 1.34. The minimum atomic E-state index is -0.177. The average molecular weight is 111 g/mol. The lowest BCUT2D eigenvalue weighted by atomic mass is 10.1. The summed E-state index contributed by atoms with van der Waals surface area (Å²) < 4.78 is 0. The first-order valence-electron chi connectivity index (χ1n) is 2.57. The molecule has 0 aromatic heterocycles. The van der Waals surface area contributed by atoms with Crippen molar-refractivity contribution < 1.29 is 5.11 Å². The monoisotopic (exact) mass is 111 g/mol. The van der Waals surface area contributed by atoms with Gasteiger partial charge >= 0.3 is 0 Å². The molecule has 0 aliphatic carbocycles. The molecule has 2 heteroatoms. The Morgan fingerprint density at radius 2 is 2.25 bits per heavy atom. The third-order valence-corrected chi connectivity index (χ3v) is 1.03. The van der Waals surface area contributed by atoms with E-state index in [0.717, 1.165) is 0 Å². The van der Waals surface area contributed by atoms with E-state index in [1.165, 1.54) is 6.21 Å². The lowest BCUT2D eigenvalue weighted by Gasteiger charge is -2.06. The third-order valence-electron chi connectivity index (χ3n) is 1.03. The Bertz CT molecular complexity index is 156. The SMILES string of the molecule is CC1(C)C=C(O)C=N1. The topological polar surface area (TPSA) is 32.6 Å². The molecule has 0 bridgehead atoms. The van der Waals surface area contributed by atoms with Gasteiger partial charge in [-0.25, -0.2) is 0 Å². The van der Waals surface area contributed by atoms with Gasteiger partial charge in [0.2, 0.25) is 0 Å². The molecule has 1 N–H and O–H groups in total. The summed E-state index contributed by atoms with van der Waals surface area (Å²) in [4.78, 5) is 3.98. The number of hydrogen-bond acceptors (Lipinski definition) is 2. The molecule has 0 unspecified atom stereocenters. The highest BCUT2D eigenvalue weighted by molar-refractivity contribution is 5.79. The molecule has 0 atom stereocenters. The molecule has 1 aliphatic rings. The van der Waals surface area contributed by atoms with Crippen LogP contribution >= 0.6 is 0 Å². The number of aliphatic hydroxyl groups excluding tert-OH is 1. The number of nitrogens with zero attached hydrogens (tertiary/aromatic N) is 1. The summed E-state index contributed by atoms with van der Waals surface area (Å²) in [5.74, 6) is 0.273. The molecule has 0 spiro atoms. The maximum absolute atomic E-state index is 8.78. The summed E-state index contributed by atoms with van der Waals surface area (Å²) >= 11 is 0. The van der Waals surface area contributed by atoms with Gasteiger partial charge in [0.15, 0.2) is 0 Å². The lowest BCUT2D eigenvalue weighted by molar-refractivity contribution is 0.444. The van der Waals surface area contributed by atoms with Crippen LogP contribution in [0, 0.1) is 0 Å². The van der Waals surface area contributed by atoms with Crippen LogP contribution in [0.1, 0.15) is 13.8 Å². The molecule has 8 heavy (non-hydrogen) atoms. The molecule has 2 nitrogen and oxygen atoms in total. The second-order valence-corrected chi connectivity index (χ2v) is 2.48. The Kier molecular flexibility index (Phi) is 0.897. The maximum Gasteiger partial charge on any atom is 0.131 e. The summed E-state index contributed by atoms with van der Waals surface area (Å²) in [7, 11) is 0. The van der Waals surface area contributed by atoms with Crippen LogP contribution in [0.3, 0.4) is 0 Å². The molecule has 0 amide bonds. The molecule has 0 aromatic carbocycles. The van der Waals surface area contributed by atoms with Crippen molar-refractivity contribution in [3.63, 3.8) is 0 Å². The average Bonchev–Trinajstić information content (AvgIpc) is 1.82. The van der Waals surface area contributed by atoms with Crippen molar-refractivity contribution in [2.75, 3.05) is 0 Å². The van der Waals surface area contributed by atoms with Gasteiger partial charge < -0.3 is 5.11 Å². The molecule has 44 valence electrons. The summed E-state index contributed by atoms with van der Waals surface area (Å²) in [6.07, 6.45) is 3.19. The smallest absolute Gasteiger partial charge is 0.131 e. The predicted molar refractivity (Wildman–Crippen MR) is 33.3 cm³/mol. The second-order valence-electron chi connectivity index (χ2n) is 2.48. The minimum Gasteiger partial charge on any atom is -0.507 e. The first-order chi connectivity index (χ1) is 3.60. The van der Waals surface area contributed by atoms with Crippen LogP contribution in [0.5, 0.6) is 0 Å². The molecule has 0 aromatic rings. The zero-order chi connectivity index (χ0) is 6.20. The van der Waals surface area contributed by atoms with Crippen LogP contribution in [0.15, 0.2) is 16.8 Å². The standard InChI is InChI=1S/C6H9NO/c1-6(2)3-5(8)4-7-6/h3-4,8H,1-2H3. The number of rotatable bonds is 0. The normalized spacial score (nSPS) is 23.5. The van der Waals surface area contributed by atoms with Crippen LogP contribution in [-0.4, -0.2) is 16.9 Å². The van der Waals surface area contributed by atoms with E-state index in [-0.39, 0.29) is 11.3 Å². The molecule has 0 fully saturated rings. The first kappa shape index (κ1) is 5.35. The Labute approximate surface area is 48.6 Å². The zero-order valence-corrected chi connectivity index (χ0v) is 5.05. The van der Waals surface area contributed by atoms with Crippen molar-refractivity contribution in [2.24, 2.45) is 4.99 Å². The summed E-state index contributed by atoms with van der Waals surface area (Å²) in [6.45, 7) is 3.87. The van der Waals surface area contributed by atoms with Gasteiger partial charge in [-0.3, -0.25) is 4.99 Å². The Balaban J connectivity index is 2.84. The van der Waals surface area contributed by atoms with Crippen molar-refractivity contribution in [3.8, 4) is 0 Å². The van der Waals surface area contributed by atoms with Gasteiger partial charge in [-0.2, -0.15) is 0 Å². The van der Waals surface area contributed by atoms with Gasteiger partial charge in [0.1, 0.15) is 5.76 Å². The molecule has 0 saturated carbocycles. The number of hydrogen-bond donors (Lipinski definition) is 1. The predicted octanol–water partition coefficient (Wildman–Crippen LogP) is 1.29. The van der Waals surface area contributed by atoms with Crippen LogP contribution in [-0.2, 0) is 0 Å². The number of aliphatic imine (C=N–C) groups is 1. The molecule has 1 heterocycles. The van der Waals surface area contributed by atoms with Crippen molar-refractivity contribution in [1.82, 2.24) is 0 Å². The van der Waals surface area contributed by atoms with E-state index in [1.807, 2.05) is 13.8 Å². The molecular formula is C6H9NO. The van der Waals surface area contributed by atoms with E-state index in [9.17, 15) is 0 Å². The Morgan fingerprint density at radius 3 is 2.38 bits per heavy atom. The van der Waals surface area contributed by atoms with E-state index >= 15 is 0 Å². The summed E-state index contributed by atoms with van der Waals surface area (Å²) in [5.41, 5.74) is -0.177. The van der Waals surface area contributed by atoms with Crippen molar-refractivity contribution in [2.45, 2.75) is 19.4 Å². The molecule has 0 radical (unpaired) electrons. The molecule has 1 aliphatic heterocycles. The summed E-state index contributed by atoms with van der Waals surface area (Å²) in [5, 5.41) is 8.78. The highest BCUT2D eigenvalue weighted by atomic mass is 16.3. The Hall–Kier alpha value is -0.790. The lowest BCUT2D eigenvalue weighted by Crippen LogP contribution is -2.07. The van der Waals surface area contributed by atoms with Gasteiger partial charge in [0.05, 0.1) is 11.8 Å². The quantitative estimate of drug-likeness (QED) is 0.502. The fourth-order valence-corrected chi connectivity index (χ4v) is 0.669. The minimum absolute atomic E-state index is 0.177. The first-order valence-corrected chi connectivity index (χ1v) is 2.57. The van der Waals surface area contributed by atoms with E-state index in [4.69, 9.17) is 5.11 Å². The van der Waals surface area contributed by atoms with E-state index in [0.29, 0.717) is 0 Å². The van der Waals surface area contributed by atoms with Crippen LogP contribution in [0.25, 0.3) is 0 Å². The summed E-state index contributed by atoms with van der Waals surface area (Å²) in [6, 6.07) is 0. The van der Waals surface area contributed by atoms with Crippen LogP contribution in [0.2, 0.25) is 0 Å². The fourth-order valence-electron chi connectivity index (χ4n) is 0.669. The molecule has 0 saturated heterocycles. The van der Waals surface area contributed by atoms with Gasteiger partial charge in [0, 0.05) is 0 Å². The fraction of sp³-hybridized carbons (Fsp3) is 0.500. The van der Waals surface area contributed by atoms with Crippen LogP contribution < -0.4 is 0 Å². The van der Waals surface area contributed by atoms with Crippen molar-refractivity contribution in [1.29, 1.82) is 0 Å². The third kappa shape index (κ3) is 0.886. The van der Waals surface area contributed by atoms with Gasteiger partial charge in [-0.05, 0) is 19.9 Å². The molecule has 1 rings (SSSR count). The highest BCUT2D eigenvalue weighted by Crippen LogP contribution is 2.16. The van der Waals surface area contributed by atoms with Crippen LogP contribution in [0.4, 0.5) is 0 Å². The zero-order valence-electron chi connectivity index (χ0n) is 5.05. The Morgan fingerprint density at radius 1 is 1.62 bits per heavy atom. The van der Waals surface area contributed by atoms with Gasteiger partial charge in [-0.1, -0.05) is 0 Å². The molecular weight excluding hydrogens is 102 g/mol. The highest BCUT2D eigenvalue weighted by Gasteiger charge is 2.16. The van der Waals surface area contributed by atoms with Crippen molar-refractivity contribution >= 4 is 6.21 Å². The number of allylic oxidation sites excluding steroid dienone is 1.